The average molecular weight is 240 g/mol. The molecule has 3 nitrogen and oxygen atoms in total. The summed E-state index contributed by atoms with van der Waals surface area (Å²) in [6.45, 7) is 0.342. The van der Waals surface area contributed by atoms with Gasteiger partial charge in [0.2, 0.25) is 0 Å². The highest BCUT2D eigenvalue weighted by molar-refractivity contribution is 5.37. The second-order valence-electron chi connectivity index (χ2n) is 4.38. The number of hydrogen-bond donors (Lipinski definition) is 1. The van der Waals surface area contributed by atoms with Crippen molar-refractivity contribution in [1.82, 2.24) is 0 Å². The van der Waals surface area contributed by atoms with Crippen LogP contribution in [0.25, 0.3) is 0 Å². The van der Waals surface area contributed by atoms with Crippen molar-refractivity contribution in [2.45, 2.75) is 31.5 Å². The van der Waals surface area contributed by atoms with Gasteiger partial charge in [-0.3, -0.25) is 0 Å². The third-order valence-corrected chi connectivity index (χ3v) is 2.94. The van der Waals surface area contributed by atoms with Crippen LogP contribution in [-0.2, 0) is 11.2 Å². The molecule has 0 aromatic heterocycles. The highest BCUT2D eigenvalue weighted by atomic mass is 19.1. The van der Waals surface area contributed by atoms with Crippen molar-refractivity contribution in [2.75, 3.05) is 13.7 Å². The predicted molar refractivity (Wildman–Crippen MR) is 61.6 cm³/mol. The van der Waals surface area contributed by atoms with Crippen molar-refractivity contribution in [1.29, 1.82) is 0 Å². The minimum atomic E-state index is -0.455. The normalized spacial score (nSPS) is 19.8. The molecule has 0 saturated carbocycles. The summed E-state index contributed by atoms with van der Waals surface area (Å²) in [5.41, 5.74) is 0.913. The fourth-order valence-electron chi connectivity index (χ4n) is 2.10. The van der Waals surface area contributed by atoms with Gasteiger partial charge in [0.15, 0.2) is 0 Å². The lowest BCUT2D eigenvalue weighted by Gasteiger charge is -2.13. The largest absolute Gasteiger partial charge is 0.490 e. The molecule has 17 heavy (non-hydrogen) atoms. The van der Waals surface area contributed by atoms with Crippen molar-refractivity contribution in [3.05, 3.63) is 29.6 Å². The Labute approximate surface area is 100 Å². The van der Waals surface area contributed by atoms with E-state index in [2.05, 4.69) is 0 Å². The van der Waals surface area contributed by atoms with Gasteiger partial charge in [-0.05, 0) is 31.0 Å². The third kappa shape index (κ3) is 3.17. The number of benzene rings is 1. The summed E-state index contributed by atoms with van der Waals surface area (Å²) in [6, 6.07) is 4.58. The first-order valence-corrected chi connectivity index (χ1v) is 5.81. The first-order valence-electron chi connectivity index (χ1n) is 5.81. The summed E-state index contributed by atoms with van der Waals surface area (Å²) in [4.78, 5) is 0. The Morgan fingerprint density at radius 1 is 1.59 bits per heavy atom. The van der Waals surface area contributed by atoms with Gasteiger partial charge < -0.3 is 14.6 Å². The summed E-state index contributed by atoms with van der Waals surface area (Å²) in [6.07, 6.45) is 1.69. The summed E-state index contributed by atoms with van der Waals surface area (Å²) in [5.74, 6) is 0.532. The minimum absolute atomic E-state index is 0.0401. The maximum absolute atomic E-state index is 13.0. The van der Waals surface area contributed by atoms with Gasteiger partial charge in [-0.25, -0.2) is 4.39 Å². The lowest BCUT2D eigenvalue weighted by atomic mass is 10.0. The second-order valence-corrected chi connectivity index (χ2v) is 4.38. The maximum Gasteiger partial charge on any atom is 0.123 e. The van der Waals surface area contributed by atoms with E-state index in [9.17, 15) is 9.50 Å². The highest BCUT2D eigenvalue weighted by Crippen LogP contribution is 2.31. The summed E-state index contributed by atoms with van der Waals surface area (Å²) < 4.78 is 23.5. The Morgan fingerprint density at radius 2 is 2.41 bits per heavy atom. The van der Waals surface area contributed by atoms with Crippen LogP contribution in [0.2, 0.25) is 0 Å². The molecule has 0 saturated heterocycles. The van der Waals surface area contributed by atoms with Crippen LogP contribution >= 0.6 is 0 Å². The molecular weight excluding hydrogens is 223 g/mol. The van der Waals surface area contributed by atoms with Gasteiger partial charge in [0.05, 0.1) is 12.7 Å². The Morgan fingerprint density at radius 3 is 3.18 bits per heavy atom. The lowest BCUT2D eigenvalue weighted by Crippen LogP contribution is -2.20. The molecule has 2 unspecified atom stereocenters. The number of ether oxygens (including phenoxy) is 2. The zero-order chi connectivity index (χ0) is 12.3. The minimum Gasteiger partial charge on any atom is -0.490 e. The number of fused-ring (bicyclic) bond motifs is 1. The van der Waals surface area contributed by atoms with Crippen molar-refractivity contribution >= 4 is 0 Å². The molecule has 0 spiro atoms. The highest BCUT2D eigenvalue weighted by Gasteiger charge is 2.23. The molecule has 1 aromatic carbocycles. The Kier molecular flexibility index (Phi) is 3.97. The molecule has 1 aliphatic rings. The smallest absolute Gasteiger partial charge is 0.123 e. The fraction of sp³-hybridized carbons (Fsp3) is 0.538. The van der Waals surface area contributed by atoms with E-state index < -0.39 is 6.10 Å². The average Bonchev–Trinajstić information content (AvgIpc) is 2.68. The second kappa shape index (κ2) is 5.47. The van der Waals surface area contributed by atoms with Crippen LogP contribution in [-0.4, -0.2) is 31.0 Å². The molecule has 2 atom stereocenters. The van der Waals surface area contributed by atoms with E-state index in [-0.39, 0.29) is 11.9 Å². The van der Waals surface area contributed by atoms with Gasteiger partial charge in [0.25, 0.3) is 0 Å². The molecule has 1 aromatic rings. The lowest BCUT2D eigenvalue weighted by molar-refractivity contribution is 0.0507. The molecule has 1 N–H and O–H groups in total. The van der Waals surface area contributed by atoms with Crippen LogP contribution < -0.4 is 4.74 Å². The van der Waals surface area contributed by atoms with E-state index in [1.807, 2.05) is 0 Å². The van der Waals surface area contributed by atoms with Gasteiger partial charge in [0.1, 0.15) is 17.7 Å². The predicted octanol–water partition coefficient (Wildman–Crippen LogP) is 1.92. The Bertz CT molecular complexity index is 381. The van der Waals surface area contributed by atoms with Crippen LogP contribution in [0, 0.1) is 5.82 Å². The van der Waals surface area contributed by atoms with Crippen LogP contribution in [0.5, 0.6) is 5.75 Å². The van der Waals surface area contributed by atoms with Gasteiger partial charge in [-0.1, -0.05) is 0 Å². The number of aliphatic hydroxyl groups is 1. The van der Waals surface area contributed by atoms with Gasteiger partial charge in [-0.15, -0.1) is 0 Å². The topological polar surface area (TPSA) is 38.7 Å². The number of halogens is 1. The van der Waals surface area contributed by atoms with Crippen molar-refractivity contribution < 1.29 is 19.0 Å². The summed E-state index contributed by atoms with van der Waals surface area (Å²) >= 11 is 0. The van der Waals surface area contributed by atoms with Crippen LogP contribution in [0.3, 0.4) is 0 Å². The number of aliphatic hydroxyl groups excluding tert-OH is 1. The van der Waals surface area contributed by atoms with Crippen LogP contribution in [0.15, 0.2) is 18.2 Å². The molecule has 1 heterocycles. The van der Waals surface area contributed by atoms with Crippen LogP contribution in [0.1, 0.15) is 18.4 Å². The van der Waals surface area contributed by atoms with E-state index in [1.54, 1.807) is 13.2 Å². The van der Waals surface area contributed by atoms with E-state index in [4.69, 9.17) is 9.47 Å². The quantitative estimate of drug-likeness (QED) is 0.854. The SMILES string of the molecule is COCC(O)CCC1Cc2cc(F)ccc2O1. The zero-order valence-electron chi connectivity index (χ0n) is 9.86. The Hall–Kier alpha value is -1.13. The molecule has 94 valence electrons. The first kappa shape index (κ1) is 12.3. The van der Waals surface area contributed by atoms with Crippen LogP contribution in [0.4, 0.5) is 4.39 Å². The molecule has 0 aliphatic carbocycles. The molecule has 0 amide bonds. The van der Waals surface area contributed by atoms with Gasteiger partial charge in [0, 0.05) is 19.1 Å². The number of hydrogen-bond acceptors (Lipinski definition) is 3. The van der Waals surface area contributed by atoms with E-state index >= 15 is 0 Å². The summed E-state index contributed by atoms with van der Waals surface area (Å²) in [5, 5.41) is 9.53. The molecule has 0 radical (unpaired) electrons. The molecule has 1 aliphatic heterocycles. The zero-order valence-corrected chi connectivity index (χ0v) is 9.86. The monoisotopic (exact) mass is 240 g/mol. The maximum atomic E-state index is 13.0. The number of rotatable bonds is 5. The van der Waals surface area contributed by atoms with Crippen molar-refractivity contribution in [3.63, 3.8) is 0 Å². The first-order chi connectivity index (χ1) is 8.19. The van der Waals surface area contributed by atoms with E-state index in [0.29, 0.717) is 19.4 Å². The molecule has 2 rings (SSSR count). The molecule has 4 heteroatoms. The standard InChI is InChI=1S/C13H17FO3/c1-16-8-11(15)3-4-12-7-9-6-10(14)2-5-13(9)17-12/h2,5-6,11-12,15H,3-4,7-8H2,1H3. The summed E-state index contributed by atoms with van der Waals surface area (Å²) in [7, 11) is 1.56. The number of methoxy groups -OCH3 is 1. The fourth-order valence-corrected chi connectivity index (χ4v) is 2.10. The molecule has 0 bridgehead atoms. The van der Waals surface area contributed by atoms with Gasteiger partial charge >= 0.3 is 0 Å². The van der Waals surface area contributed by atoms with E-state index in [0.717, 1.165) is 17.7 Å². The van der Waals surface area contributed by atoms with E-state index in [1.165, 1.54) is 12.1 Å². The Balaban J connectivity index is 1.84. The van der Waals surface area contributed by atoms with Crippen molar-refractivity contribution in [3.8, 4) is 5.75 Å². The molecule has 0 fully saturated rings. The van der Waals surface area contributed by atoms with Gasteiger partial charge in [-0.2, -0.15) is 0 Å². The third-order valence-electron chi connectivity index (χ3n) is 2.94. The van der Waals surface area contributed by atoms with Crippen molar-refractivity contribution in [2.24, 2.45) is 0 Å². The molecular formula is C13H17FO3.